The van der Waals surface area contributed by atoms with E-state index in [4.69, 9.17) is 16.6 Å². The van der Waals surface area contributed by atoms with Crippen LogP contribution in [0.5, 0.6) is 0 Å². The van der Waals surface area contributed by atoms with Crippen LogP contribution in [0.4, 0.5) is 10.1 Å². The number of carbonyl (C=O) groups is 1. The molecule has 0 radical (unpaired) electrons. The summed E-state index contributed by atoms with van der Waals surface area (Å²) in [5, 5.41) is 3.79. The minimum absolute atomic E-state index is 0.0377. The number of thiocarbonyl (C=S) groups is 1. The molecule has 1 aromatic heterocycles. The van der Waals surface area contributed by atoms with Gasteiger partial charge in [-0.2, -0.15) is 0 Å². The van der Waals surface area contributed by atoms with Gasteiger partial charge in [-0.1, -0.05) is 37.6 Å². The fourth-order valence-corrected chi connectivity index (χ4v) is 3.06. The van der Waals surface area contributed by atoms with Crippen LogP contribution in [-0.4, -0.2) is 11.0 Å². The number of halogens is 1. The molecule has 28 heavy (non-hydrogen) atoms. The number of para-hydroxylation sites is 1. The highest BCUT2D eigenvalue weighted by Gasteiger charge is 2.19. The minimum atomic E-state index is -0.535. The van der Waals surface area contributed by atoms with Gasteiger partial charge in [-0.15, -0.1) is 0 Å². The van der Waals surface area contributed by atoms with Crippen LogP contribution in [0.3, 0.4) is 0 Å². The Hall–Kier alpha value is -2.93. The Balaban J connectivity index is 1.58. The van der Waals surface area contributed by atoms with Gasteiger partial charge in [-0.25, -0.2) is 4.39 Å². The summed E-state index contributed by atoms with van der Waals surface area (Å²) in [5.41, 5.74) is 7.82. The first-order chi connectivity index (χ1) is 13.5. The van der Waals surface area contributed by atoms with Crippen molar-refractivity contribution >= 4 is 39.9 Å². The van der Waals surface area contributed by atoms with Crippen molar-refractivity contribution in [3.05, 3.63) is 65.2 Å². The summed E-state index contributed by atoms with van der Waals surface area (Å²) < 4.78 is 19.2. The molecule has 1 heterocycles. The van der Waals surface area contributed by atoms with E-state index in [1.54, 1.807) is 19.1 Å². The smallest absolute Gasteiger partial charge is 0.305 e. The van der Waals surface area contributed by atoms with Crippen LogP contribution >= 0.6 is 12.2 Å². The summed E-state index contributed by atoms with van der Waals surface area (Å²) in [6.45, 7) is 3.87. The normalized spacial score (nSPS) is 10.7. The molecular formula is C21H22FN3O2S. The summed E-state index contributed by atoms with van der Waals surface area (Å²) in [6.07, 6.45) is 3.36. The Bertz CT molecular complexity index is 999. The van der Waals surface area contributed by atoms with Crippen molar-refractivity contribution in [2.75, 3.05) is 5.32 Å². The van der Waals surface area contributed by atoms with Crippen molar-refractivity contribution in [1.29, 1.82) is 0 Å². The van der Waals surface area contributed by atoms with Crippen molar-refractivity contribution in [2.45, 2.75) is 33.1 Å². The number of rotatable bonds is 5. The fraction of sp³-hybridized carbons (Fsp3) is 0.238. The van der Waals surface area contributed by atoms with Gasteiger partial charge in [-0.3, -0.25) is 15.6 Å². The molecule has 5 nitrogen and oxygen atoms in total. The Kier molecular flexibility index (Phi) is 6.26. The maximum atomic E-state index is 13.8. The first kappa shape index (κ1) is 19.8. The summed E-state index contributed by atoms with van der Waals surface area (Å²) in [4.78, 5) is 12.4. The van der Waals surface area contributed by atoms with Crippen LogP contribution in [0.25, 0.3) is 11.0 Å². The number of carbonyl (C=O) groups excluding carboxylic acids is 1. The molecule has 7 heteroatoms. The Labute approximate surface area is 168 Å². The summed E-state index contributed by atoms with van der Waals surface area (Å²) in [7, 11) is 0. The van der Waals surface area contributed by atoms with E-state index in [-0.39, 0.29) is 16.5 Å². The second-order valence-electron chi connectivity index (χ2n) is 6.51. The highest BCUT2D eigenvalue weighted by atomic mass is 32.1. The molecule has 0 saturated heterocycles. The molecule has 3 aromatic rings. The van der Waals surface area contributed by atoms with E-state index in [0.717, 1.165) is 24.9 Å². The molecule has 0 aliphatic carbocycles. The van der Waals surface area contributed by atoms with Crippen LogP contribution < -0.4 is 16.2 Å². The second-order valence-corrected chi connectivity index (χ2v) is 6.91. The summed E-state index contributed by atoms with van der Waals surface area (Å²) >= 11 is 5.20. The van der Waals surface area contributed by atoms with Gasteiger partial charge in [0.25, 0.3) is 0 Å². The van der Waals surface area contributed by atoms with E-state index in [0.29, 0.717) is 10.9 Å². The Morgan fingerprint density at radius 2 is 1.89 bits per heavy atom. The van der Waals surface area contributed by atoms with Crippen molar-refractivity contribution in [1.82, 2.24) is 10.9 Å². The number of anilines is 1. The molecule has 3 N–H and O–H groups in total. The number of benzene rings is 2. The van der Waals surface area contributed by atoms with Gasteiger partial charge in [-0.05, 0) is 55.7 Å². The lowest BCUT2D eigenvalue weighted by molar-refractivity contribution is 0.0917. The van der Waals surface area contributed by atoms with Crippen molar-refractivity contribution < 1.29 is 13.6 Å². The van der Waals surface area contributed by atoms with Crippen molar-refractivity contribution in [2.24, 2.45) is 0 Å². The van der Waals surface area contributed by atoms with Gasteiger partial charge in [0.2, 0.25) is 0 Å². The van der Waals surface area contributed by atoms with E-state index in [9.17, 15) is 9.18 Å². The zero-order valence-corrected chi connectivity index (χ0v) is 16.6. The van der Waals surface area contributed by atoms with Crippen LogP contribution in [0.15, 0.2) is 46.9 Å². The van der Waals surface area contributed by atoms with E-state index in [1.807, 2.05) is 24.3 Å². The van der Waals surface area contributed by atoms with E-state index in [2.05, 4.69) is 23.1 Å². The third kappa shape index (κ3) is 4.48. The topological polar surface area (TPSA) is 66.3 Å². The number of hydrogen-bond acceptors (Lipinski definition) is 3. The lowest BCUT2D eigenvalue weighted by atomic mass is 10.1. The highest BCUT2D eigenvalue weighted by Crippen LogP contribution is 2.27. The quantitative estimate of drug-likeness (QED) is 0.423. The van der Waals surface area contributed by atoms with E-state index >= 15 is 0 Å². The number of amides is 1. The van der Waals surface area contributed by atoms with E-state index in [1.165, 1.54) is 11.6 Å². The molecule has 0 aliphatic rings. The molecule has 0 aliphatic heterocycles. The standard InChI is InChI=1S/C21H22FN3O2S/c1-3-4-6-14-9-11-15(12-10-14)23-21(28)25-24-20(26)18-13(2)16-7-5-8-17(22)19(16)27-18/h5,7-12H,3-4,6H2,1-2H3,(H,24,26)(H2,23,25,28). The number of fused-ring (bicyclic) bond motifs is 1. The number of hydrazine groups is 1. The van der Waals surface area contributed by atoms with Crippen molar-refractivity contribution in [3.63, 3.8) is 0 Å². The molecule has 0 saturated carbocycles. The first-order valence-electron chi connectivity index (χ1n) is 9.13. The molecule has 3 rings (SSSR count). The first-order valence-corrected chi connectivity index (χ1v) is 9.54. The third-order valence-electron chi connectivity index (χ3n) is 4.44. The lowest BCUT2D eigenvalue weighted by Gasteiger charge is -2.11. The Morgan fingerprint density at radius 1 is 1.14 bits per heavy atom. The predicted octanol–water partition coefficient (Wildman–Crippen LogP) is 4.85. The molecule has 0 spiro atoms. The van der Waals surface area contributed by atoms with Gasteiger partial charge in [0.05, 0.1) is 0 Å². The number of furan rings is 1. The third-order valence-corrected chi connectivity index (χ3v) is 4.65. The number of unbranched alkanes of at least 4 members (excludes halogenated alkanes) is 1. The van der Waals surface area contributed by atoms with Crippen LogP contribution in [-0.2, 0) is 6.42 Å². The number of hydrogen-bond donors (Lipinski definition) is 3. The Morgan fingerprint density at radius 3 is 2.57 bits per heavy atom. The molecule has 0 bridgehead atoms. The van der Waals surface area contributed by atoms with Crippen LogP contribution in [0.1, 0.15) is 41.4 Å². The second kappa shape index (κ2) is 8.84. The van der Waals surface area contributed by atoms with Crippen molar-refractivity contribution in [3.8, 4) is 0 Å². The summed E-state index contributed by atoms with van der Waals surface area (Å²) in [5.74, 6) is -1.00. The van der Waals surface area contributed by atoms with Gasteiger partial charge < -0.3 is 9.73 Å². The van der Waals surface area contributed by atoms with E-state index < -0.39 is 11.7 Å². The van der Waals surface area contributed by atoms with Crippen LogP contribution in [0, 0.1) is 12.7 Å². The number of nitrogens with one attached hydrogen (secondary N) is 3. The largest absolute Gasteiger partial charge is 0.447 e. The SMILES string of the molecule is CCCCc1ccc(NC(=S)NNC(=O)c2oc3c(F)cccc3c2C)cc1. The minimum Gasteiger partial charge on any atom is -0.447 e. The number of aryl methyl sites for hydroxylation is 2. The van der Waals surface area contributed by atoms with Gasteiger partial charge in [0.15, 0.2) is 22.3 Å². The zero-order chi connectivity index (χ0) is 20.1. The molecular weight excluding hydrogens is 377 g/mol. The zero-order valence-electron chi connectivity index (χ0n) is 15.8. The molecule has 0 unspecified atom stereocenters. The summed E-state index contributed by atoms with van der Waals surface area (Å²) in [6, 6.07) is 12.5. The molecule has 0 atom stereocenters. The maximum Gasteiger partial charge on any atom is 0.305 e. The lowest BCUT2D eigenvalue weighted by Crippen LogP contribution is -2.43. The van der Waals surface area contributed by atoms with Gasteiger partial charge in [0.1, 0.15) is 0 Å². The average Bonchev–Trinajstić information content (AvgIpc) is 3.04. The molecule has 146 valence electrons. The maximum absolute atomic E-state index is 13.8. The highest BCUT2D eigenvalue weighted by molar-refractivity contribution is 7.80. The average molecular weight is 399 g/mol. The van der Waals surface area contributed by atoms with Crippen LogP contribution in [0.2, 0.25) is 0 Å². The fourth-order valence-electron chi connectivity index (χ4n) is 2.89. The van der Waals surface area contributed by atoms with Gasteiger partial charge >= 0.3 is 5.91 Å². The predicted molar refractivity (Wildman–Crippen MR) is 113 cm³/mol. The molecule has 0 fully saturated rings. The van der Waals surface area contributed by atoms with Gasteiger partial charge in [0, 0.05) is 16.6 Å². The monoisotopic (exact) mass is 399 g/mol. The molecule has 1 amide bonds. The molecule has 2 aromatic carbocycles.